The van der Waals surface area contributed by atoms with E-state index in [-0.39, 0.29) is 5.82 Å². The largest absolute Gasteiger partial charge is 0.341 e. The highest BCUT2D eigenvalue weighted by Gasteiger charge is 2.29. The van der Waals surface area contributed by atoms with Crippen LogP contribution in [0.5, 0.6) is 0 Å². The summed E-state index contributed by atoms with van der Waals surface area (Å²) >= 11 is 0. The summed E-state index contributed by atoms with van der Waals surface area (Å²) in [6.07, 6.45) is 4.22. The quantitative estimate of drug-likeness (QED) is 0.280. The second kappa shape index (κ2) is 8.76. The van der Waals surface area contributed by atoms with E-state index in [1.807, 2.05) is 25.4 Å². The summed E-state index contributed by atoms with van der Waals surface area (Å²) in [7, 11) is 1.84. The molecular formula is C28H30FN9. The normalized spacial score (nSPS) is 17.7. The third kappa shape index (κ3) is 3.87. The van der Waals surface area contributed by atoms with Crippen LogP contribution in [0.4, 0.5) is 16.0 Å². The zero-order chi connectivity index (χ0) is 26.0. The van der Waals surface area contributed by atoms with Gasteiger partial charge in [0.2, 0.25) is 5.95 Å². The number of imidazole rings is 1. The van der Waals surface area contributed by atoms with Crippen molar-refractivity contribution < 1.29 is 4.39 Å². The molecule has 2 aliphatic rings. The fourth-order valence-electron chi connectivity index (χ4n) is 5.62. The Hall–Kier alpha value is -4.05. The average molecular weight is 512 g/mol. The summed E-state index contributed by atoms with van der Waals surface area (Å²) in [5.74, 6) is 2.14. The summed E-state index contributed by atoms with van der Waals surface area (Å²) < 4.78 is 17.1. The Morgan fingerprint density at radius 3 is 2.82 bits per heavy atom. The van der Waals surface area contributed by atoms with Crippen molar-refractivity contribution >= 4 is 22.5 Å². The predicted molar refractivity (Wildman–Crippen MR) is 145 cm³/mol. The molecular weight excluding hydrogens is 481 g/mol. The number of fused-ring (bicyclic) bond motifs is 2. The van der Waals surface area contributed by atoms with Crippen LogP contribution in [0.3, 0.4) is 0 Å². The molecule has 0 bridgehead atoms. The van der Waals surface area contributed by atoms with E-state index in [1.165, 1.54) is 24.5 Å². The molecule has 194 valence electrons. The van der Waals surface area contributed by atoms with Gasteiger partial charge in [0.25, 0.3) is 0 Å². The number of hydrogen-bond donors (Lipinski definition) is 3. The van der Waals surface area contributed by atoms with Crippen LogP contribution in [0.15, 0.2) is 36.5 Å². The number of nitrogens with one attached hydrogen (secondary N) is 3. The predicted octanol–water partition coefficient (Wildman–Crippen LogP) is 5.45. The van der Waals surface area contributed by atoms with E-state index in [2.05, 4.69) is 50.4 Å². The molecule has 1 fully saturated rings. The third-order valence-corrected chi connectivity index (χ3v) is 7.80. The SMILES string of the molecule is CCN1Cc2nc(-c3ccc(-c4nc(Nc5ccc6[nH]ncc6c5C5CC5)n(C)n4)cc3F)[nH]c2C(C)C1. The van der Waals surface area contributed by atoms with Crippen molar-refractivity contribution in [3.8, 4) is 22.8 Å². The van der Waals surface area contributed by atoms with Gasteiger partial charge in [-0.25, -0.2) is 14.1 Å². The molecule has 1 atom stereocenters. The lowest BCUT2D eigenvalue weighted by atomic mass is 10.0. The number of aromatic nitrogens is 7. The Bertz CT molecular complexity index is 1660. The van der Waals surface area contributed by atoms with Crippen LogP contribution in [0.2, 0.25) is 0 Å². The molecule has 3 aromatic heterocycles. The van der Waals surface area contributed by atoms with Gasteiger partial charge in [-0.2, -0.15) is 10.1 Å². The van der Waals surface area contributed by atoms with Crippen molar-refractivity contribution in [3.05, 3.63) is 59.3 Å². The lowest BCUT2D eigenvalue weighted by Gasteiger charge is -2.28. The molecule has 10 heteroatoms. The van der Waals surface area contributed by atoms with E-state index in [1.54, 1.807) is 10.7 Å². The Morgan fingerprint density at radius 1 is 1.16 bits per heavy atom. The van der Waals surface area contributed by atoms with Crippen LogP contribution < -0.4 is 5.32 Å². The van der Waals surface area contributed by atoms with Crippen molar-refractivity contribution in [1.82, 2.24) is 39.8 Å². The number of nitrogens with zero attached hydrogens (tertiary/aromatic N) is 6. The topological polar surface area (TPSA) is 103 Å². The van der Waals surface area contributed by atoms with E-state index < -0.39 is 0 Å². The first-order valence-electron chi connectivity index (χ1n) is 13.2. The minimum Gasteiger partial charge on any atom is -0.341 e. The van der Waals surface area contributed by atoms with Gasteiger partial charge in [-0.05, 0) is 55.1 Å². The molecule has 5 aromatic rings. The van der Waals surface area contributed by atoms with Gasteiger partial charge in [0.1, 0.15) is 11.6 Å². The number of H-pyrrole nitrogens is 2. The summed E-state index contributed by atoms with van der Waals surface area (Å²) in [6, 6.07) is 9.19. The second-order valence-electron chi connectivity index (χ2n) is 10.5. The average Bonchev–Trinajstić information content (AvgIpc) is 3.29. The number of likely N-dealkylation sites (N-methyl/N-ethyl adjacent to an activating group) is 1. The Kier molecular flexibility index (Phi) is 5.33. The van der Waals surface area contributed by atoms with Crippen molar-refractivity contribution in [3.63, 3.8) is 0 Å². The van der Waals surface area contributed by atoms with Crippen molar-refractivity contribution in [1.29, 1.82) is 0 Å². The van der Waals surface area contributed by atoms with Gasteiger partial charge < -0.3 is 10.3 Å². The molecule has 2 aromatic carbocycles. The smallest absolute Gasteiger partial charge is 0.225 e. The number of anilines is 2. The lowest BCUT2D eigenvalue weighted by Crippen LogP contribution is -2.32. The molecule has 1 aliphatic heterocycles. The first kappa shape index (κ1) is 23.1. The van der Waals surface area contributed by atoms with Gasteiger partial charge in [-0.15, -0.1) is 5.10 Å². The minimum absolute atomic E-state index is 0.334. The number of benzene rings is 2. The van der Waals surface area contributed by atoms with Crippen LogP contribution in [0.1, 0.15) is 55.5 Å². The molecule has 0 radical (unpaired) electrons. The maximum absolute atomic E-state index is 15.4. The molecule has 0 spiro atoms. The highest BCUT2D eigenvalue weighted by atomic mass is 19.1. The Morgan fingerprint density at radius 2 is 2.03 bits per heavy atom. The van der Waals surface area contributed by atoms with Gasteiger partial charge in [-0.3, -0.25) is 10.00 Å². The number of aryl methyl sites for hydroxylation is 1. The molecule has 0 saturated heterocycles. The van der Waals surface area contributed by atoms with E-state index >= 15 is 4.39 Å². The van der Waals surface area contributed by atoms with Gasteiger partial charge in [0.15, 0.2) is 5.82 Å². The molecule has 38 heavy (non-hydrogen) atoms. The number of halogens is 1. The van der Waals surface area contributed by atoms with Crippen molar-refractivity contribution in [2.45, 2.75) is 45.1 Å². The van der Waals surface area contributed by atoms with E-state index in [0.29, 0.717) is 40.6 Å². The van der Waals surface area contributed by atoms with Gasteiger partial charge in [-0.1, -0.05) is 19.9 Å². The molecule has 1 unspecified atom stereocenters. The van der Waals surface area contributed by atoms with Gasteiger partial charge in [0, 0.05) is 48.4 Å². The zero-order valence-electron chi connectivity index (χ0n) is 21.7. The fourth-order valence-corrected chi connectivity index (χ4v) is 5.62. The summed E-state index contributed by atoms with van der Waals surface area (Å²) in [6.45, 7) is 7.08. The maximum Gasteiger partial charge on any atom is 0.225 e. The maximum atomic E-state index is 15.4. The van der Waals surface area contributed by atoms with Crippen molar-refractivity contribution in [2.24, 2.45) is 7.05 Å². The van der Waals surface area contributed by atoms with Gasteiger partial charge in [0.05, 0.1) is 23.0 Å². The number of hydrogen-bond acceptors (Lipinski definition) is 6. The summed E-state index contributed by atoms with van der Waals surface area (Å²) in [5, 5.41) is 16.4. The fraction of sp³-hybridized carbons (Fsp3) is 0.357. The van der Waals surface area contributed by atoms with Crippen LogP contribution in [-0.2, 0) is 13.6 Å². The Labute approximate surface area is 219 Å². The monoisotopic (exact) mass is 511 g/mol. The first-order valence-corrected chi connectivity index (χ1v) is 13.2. The minimum atomic E-state index is -0.350. The molecule has 9 nitrogen and oxygen atoms in total. The summed E-state index contributed by atoms with van der Waals surface area (Å²) in [4.78, 5) is 15.2. The molecule has 4 heterocycles. The Balaban J connectivity index is 1.17. The first-order chi connectivity index (χ1) is 18.5. The third-order valence-electron chi connectivity index (χ3n) is 7.80. The molecule has 7 rings (SSSR count). The van der Waals surface area contributed by atoms with Gasteiger partial charge >= 0.3 is 0 Å². The molecule has 0 amide bonds. The van der Waals surface area contributed by atoms with Crippen LogP contribution >= 0.6 is 0 Å². The van der Waals surface area contributed by atoms with E-state index in [0.717, 1.165) is 47.6 Å². The molecule has 1 aliphatic carbocycles. The highest BCUT2D eigenvalue weighted by molar-refractivity contribution is 5.89. The van der Waals surface area contributed by atoms with Crippen LogP contribution in [0, 0.1) is 5.82 Å². The van der Waals surface area contributed by atoms with Crippen LogP contribution in [-0.4, -0.2) is 52.9 Å². The van der Waals surface area contributed by atoms with E-state index in [9.17, 15) is 0 Å². The molecule has 3 N–H and O–H groups in total. The number of rotatable bonds is 6. The number of aromatic amines is 2. The van der Waals surface area contributed by atoms with Crippen molar-refractivity contribution in [2.75, 3.05) is 18.4 Å². The second-order valence-corrected chi connectivity index (χ2v) is 10.5. The lowest BCUT2D eigenvalue weighted by molar-refractivity contribution is 0.243. The highest BCUT2D eigenvalue weighted by Crippen LogP contribution is 2.47. The summed E-state index contributed by atoms with van der Waals surface area (Å²) in [5.41, 5.74) is 6.47. The standard InChI is InChI=1S/C28H30FN9/c1-4-38-13-15(2)25-23(14-38)31-27(33-25)18-8-7-17(11-20(18)29)26-34-28(37(3)36-26)32-22-10-9-21-19(12-30-35-21)24(22)16-5-6-16/h7-12,15-16H,4-6,13-14H2,1-3H3,(H,30,35)(H,31,33)(H,32,34,36). The molecule has 1 saturated carbocycles. The zero-order valence-corrected chi connectivity index (χ0v) is 21.7. The van der Waals surface area contributed by atoms with Crippen LogP contribution in [0.25, 0.3) is 33.7 Å². The van der Waals surface area contributed by atoms with E-state index in [4.69, 9.17) is 9.97 Å².